The summed E-state index contributed by atoms with van der Waals surface area (Å²) in [7, 11) is 0. The summed E-state index contributed by atoms with van der Waals surface area (Å²) >= 11 is 1.76. The predicted molar refractivity (Wildman–Crippen MR) is 138 cm³/mol. The van der Waals surface area contributed by atoms with Crippen molar-refractivity contribution in [2.45, 2.75) is 38.9 Å². The molecule has 0 fully saturated rings. The number of hydrogen-bond donors (Lipinski definition) is 2. The van der Waals surface area contributed by atoms with Gasteiger partial charge >= 0.3 is 5.97 Å². The van der Waals surface area contributed by atoms with Crippen LogP contribution in [0.3, 0.4) is 0 Å². The van der Waals surface area contributed by atoms with Crippen LogP contribution in [0.4, 0.5) is 11.5 Å². The maximum absolute atomic E-state index is 11.1. The largest absolute Gasteiger partial charge is 0.478 e. The van der Waals surface area contributed by atoms with Crippen LogP contribution >= 0.6 is 11.8 Å². The van der Waals surface area contributed by atoms with Gasteiger partial charge in [-0.15, -0.1) is 18.3 Å². The lowest BCUT2D eigenvalue weighted by Gasteiger charge is -2.17. The summed E-state index contributed by atoms with van der Waals surface area (Å²) in [6, 6.07) is 17.1. The number of carboxylic acids is 1. The molecule has 0 aliphatic rings. The minimum absolute atomic E-state index is 0.242. The normalized spacial score (nSPS) is 12.3. The van der Waals surface area contributed by atoms with Crippen LogP contribution in [-0.2, 0) is 12.8 Å². The van der Waals surface area contributed by atoms with Crippen LogP contribution in [0.2, 0.25) is 0 Å². The van der Waals surface area contributed by atoms with Crippen LogP contribution in [0.1, 0.15) is 46.9 Å². The van der Waals surface area contributed by atoms with Gasteiger partial charge in [-0.1, -0.05) is 49.4 Å². The van der Waals surface area contributed by atoms with Gasteiger partial charge in [-0.25, -0.2) is 14.8 Å². The Morgan fingerprint density at radius 3 is 2.45 bits per heavy atom. The number of aromatic carboxylic acids is 1. The fraction of sp³-hybridized carbons (Fsp3) is 0.222. The fourth-order valence-electron chi connectivity index (χ4n) is 3.49. The minimum atomic E-state index is -0.951. The topological polar surface area (TPSA) is 75.1 Å². The molecule has 170 valence electrons. The molecule has 6 heteroatoms. The van der Waals surface area contributed by atoms with E-state index in [0.717, 1.165) is 28.3 Å². The maximum Gasteiger partial charge on any atom is 0.335 e. The first-order valence-electron chi connectivity index (χ1n) is 10.9. The summed E-state index contributed by atoms with van der Waals surface area (Å²) < 4.78 is 0. The quantitative estimate of drug-likeness (QED) is 0.329. The number of rotatable bonds is 10. The van der Waals surface area contributed by atoms with E-state index >= 15 is 0 Å². The molecule has 1 atom stereocenters. The van der Waals surface area contributed by atoms with Gasteiger partial charge in [0.1, 0.15) is 5.82 Å². The Bertz CT molecular complexity index is 1140. The van der Waals surface area contributed by atoms with Gasteiger partial charge < -0.3 is 10.4 Å². The van der Waals surface area contributed by atoms with Gasteiger partial charge in [-0.3, -0.25) is 0 Å². The lowest BCUT2D eigenvalue weighted by atomic mass is 10.1. The zero-order chi connectivity index (χ0) is 23.8. The van der Waals surface area contributed by atoms with Crippen LogP contribution in [0, 0.1) is 6.92 Å². The molecule has 0 radical (unpaired) electrons. The monoisotopic (exact) mass is 459 g/mol. The lowest BCUT2D eigenvalue weighted by Crippen LogP contribution is -2.08. The van der Waals surface area contributed by atoms with Crippen molar-refractivity contribution in [3.8, 4) is 0 Å². The molecule has 2 N–H and O–H groups in total. The van der Waals surface area contributed by atoms with Crippen molar-refractivity contribution in [1.29, 1.82) is 0 Å². The number of aromatic nitrogens is 2. The smallest absolute Gasteiger partial charge is 0.335 e. The first-order chi connectivity index (χ1) is 15.9. The predicted octanol–water partition coefficient (Wildman–Crippen LogP) is 6.68. The standard InChI is InChI=1S/C27H29N3O2S/c1-5-10-23-19(4)28-26(24(6-2)33-18(3)17-20-11-8-7-9-12-20)30-25(23)29-22-15-13-21(14-16-22)27(31)32/h5-9,11-16,18H,1,10,17H2,2-4H3,(H,31,32)(H,28,29,30)/b24-6-. The third kappa shape index (κ3) is 6.56. The van der Waals surface area contributed by atoms with Crippen molar-refractivity contribution in [3.63, 3.8) is 0 Å². The highest BCUT2D eigenvalue weighted by Gasteiger charge is 2.16. The Morgan fingerprint density at radius 2 is 1.85 bits per heavy atom. The highest BCUT2D eigenvalue weighted by atomic mass is 32.2. The van der Waals surface area contributed by atoms with E-state index in [1.54, 1.807) is 36.0 Å². The molecule has 1 heterocycles. The van der Waals surface area contributed by atoms with E-state index < -0.39 is 5.97 Å². The van der Waals surface area contributed by atoms with E-state index in [0.29, 0.717) is 23.3 Å². The number of anilines is 2. The summed E-state index contributed by atoms with van der Waals surface area (Å²) in [4.78, 5) is 21.8. The summed E-state index contributed by atoms with van der Waals surface area (Å²) in [5, 5.41) is 12.9. The van der Waals surface area contributed by atoms with E-state index in [-0.39, 0.29) is 5.56 Å². The van der Waals surface area contributed by atoms with Gasteiger partial charge in [0.2, 0.25) is 0 Å². The van der Waals surface area contributed by atoms with Crippen molar-refractivity contribution in [2.24, 2.45) is 0 Å². The molecule has 0 saturated carbocycles. The molecular formula is C27H29N3O2S. The Morgan fingerprint density at radius 1 is 1.15 bits per heavy atom. The van der Waals surface area contributed by atoms with E-state index in [9.17, 15) is 4.79 Å². The van der Waals surface area contributed by atoms with Gasteiger partial charge in [-0.05, 0) is 56.5 Å². The van der Waals surface area contributed by atoms with Crippen molar-refractivity contribution in [3.05, 3.63) is 102 Å². The lowest BCUT2D eigenvalue weighted by molar-refractivity contribution is 0.0697. The first kappa shape index (κ1) is 24.3. The summed E-state index contributed by atoms with van der Waals surface area (Å²) in [5.41, 5.74) is 4.17. The second-order valence-electron chi connectivity index (χ2n) is 7.73. The highest BCUT2D eigenvalue weighted by molar-refractivity contribution is 8.08. The third-order valence-electron chi connectivity index (χ3n) is 5.13. The van der Waals surface area contributed by atoms with Gasteiger partial charge in [0, 0.05) is 27.1 Å². The average Bonchev–Trinajstić information content (AvgIpc) is 2.80. The zero-order valence-electron chi connectivity index (χ0n) is 19.2. The Hall–Kier alpha value is -3.38. The van der Waals surface area contributed by atoms with E-state index in [1.807, 2.05) is 26.0 Å². The fourth-order valence-corrected chi connectivity index (χ4v) is 4.53. The van der Waals surface area contributed by atoms with Crippen molar-refractivity contribution >= 4 is 34.1 Å². The minimum Gasteiger partial charge on any atom is -0.478 e. The molecule has 3 aromatic rings. The third-order valence-corrected chi connectivity index (χ3v) is 6.37. The number of benzene rings is 2. The van der Waals surface area contributed by atoms with Gasteiger partial charge in [0.05, 0.1) is 5.56 Å². The van der Waals surface area contributed by atoms with E-state index in [4.69, 9.17) is 15.1 Å². The van der Waals surface area contributed by atoms with Crippen LogP contribution < -0.4 is 5.32 Å². The molecule has 33 heavy (non-hydrogen) atoms. The van der Waals surface area contributed by atoms with Crippen LogP contribution in [0.15, 0.2) is 73.3 Å². The molecule has 0 saturated heterocycles. The van der Waals surface area contributed by atoms with Crippen LogP contribution in [0.25, 0.3) is 4.91 Å². The van der Waals surface area contributed by atoms with Crippen LogP contribution in [0.5, 0.6) is 0 Å². The van der Waals surface area contributed by atoms with Gasteiger partial charge in [-0.2, -0.15) is 0 Å². The molecule has 5 nitrogen and oxygen atoms in total. The van der Waals surface area contributed by atoms with Crippen molar-refractivity contribution in [2.75, 3.05) is 5.32 Å². The zero-order valence-corrected chi connectivity index (χ0v) is 20.0. The summed E-state index contributed by atoms with van der Waals surface area (Å²) in [5.74, 6) is 0.432. The number of carbonyl (C=O) groups is 1. The first-order valence-corrected chi connectivity index (χ1v) is 11.7. The molecule has 0 amide bonds. The Labute approximate surface area is 199 Å². The summed E-state index contributed by atoms with van der Waals surface area (Å²) in [6.07, 6.45) is 5.47. The summed E-state index contributed by atoms with van der Waals surface area (Å²) in [6.45, 7) is 10.1. The van der Waals surface area contributed by atoms with Crippen LogP contribution in [-0.4, -0.2) is 26.3 Å². The second-order valence-corrected chi connectivity index (χ2v) is 9.21. The number of allylic oxidation sites excluding steroid dienone is 2. The molecule has 0 spiro atoms. The molecule has 1 aromatic heterocycles. The van der Waals surface area contributed by atoms with E-state index in [1.165, 1.54) is 5.56 Å². The van der Waals surface area contributed by atoms with Gasteiger partial charge in [0.25, 0.3) is 0 Å². The number of hydrogen-bond acceptors (Lipinski definition) is 5. The number of nitrogens with one attached hydrogen (secondary N) is 1. The average molecular weight is 460 g/mol. The maximum atomic E-state index is 11.1. The van der Waals surface area contributed by atoms with Gasteiger partial charge in [0.15, 0.2) is 5.82 Å². The Kier molecular flexibility index (Phi) is 8.44. The molecule has 0 bridgehead atoms. The molecular weight excluding hydrogens is 430 g/mol. The molecule has 3 rings (SSSR count). The Balaban J connectivity index is 1.87. The second kappa shape index (κ2) is 11.5. The molecule has 0 aliphatic heterocycles. The number of nitrogens with zero attached hydrogens (tertiary/aromatic N) is 2. The molecule has 1 unspecified atom stereocenters. The van der Waals surface area contributed by atoms with Crippen molar-refractivity contribution in [1.82, 2.24) is 9.97 Å². The number of carboxylic acid groups (broad SMARTS) is 1. The SMILES string of the molecule is C=CCc1c(C)nc(/C(=C/C)SC(C)Cc2ccccc2)nc1Nc1ccc(C(=O)O)cc1. The van der Waals surface area contributed by atoms with E-state index in [2.05, 4.69) is 49.2 Å². The highest BCUT2D eigenvalue weighted by Crippen LogP contribution is 2.33. The molecule has 0 aliphatic carbocycles. The van der Waals surface area contributed by atoms with Crippen molar-refractivity contribution < 1.29 is 9.90 Å². The molecule has 2 aromatic carbocycles. The number of aryl methyl sites for hydroxylation is 1. The number of thioether (sulfide) groups is 1.